The van der Waals surface area contributed by atoms with E-state index in [2.05, 4.69) is 45.6 Å². The van der Waals surface area contributed by atoms with Gasteiger partial charge in [-0.2, -0.15) is 0 Å². The standard InChI is InChI=1S/C25H26N4O3/c1-16-20(24(31)28-25(26-16)29-10-12-32-13-11-29)8-9-23(30)27-19-6-7-22-18(15-19)14-17-4-2-3-5-21(17)22/h2-7,15H,8-14H2,1H3,(H,27,30)(H,26,28,31). The van der Waals surface area contributed by atoms with E-state index >= 15 is 0 Å². The third kappa shape index (κ3) is 4.03. The fourth-order valence-electron chi connectivity index (χ4n) is 4.50. The molecule has 0 saturated carbocycles. The lowest BCUT2D eigenvalue weighted by atomic mass is 10.1. The lowest BCUT2D eigenvalue weighted by Gasteiger charge is -2.27. The van der Waals surface area contributed by atoms with E-state index in [1.165, 1.54) is 22.3 Å². The molecule has 7 heteroatoms. The number of anilines is 2. The minimum Gasteiger partial charge on any atom is -0.378 e. The number of aromatic amines is 1. The van der Waals surface area contributed by atoms with E-state index in [-0.39, 0.29) is 17.9 Å². The van der Waals surface area contributed by atoms with Gasteiger partial charge in [0.05, 0.1) is 13.2 Å². The van der Waals surface area contributed by atoms with Crippen molar-refractivity contribution in [1.82, 2.24) is 9.97 Å². The van der Waals surface area contributed by atoms with E-state index in [0.29, 0.717) is 49.9 Å². The quantitative estimate of drug-likeness (QED) is 0.508. The normalized spacial score (nSPS) is 14.7. The number of nitrogens with zero attached hydrogens (tertiary/aromatic N) is 2. The molecule has 1 aromatic heterocycles. The number of benzene rings is 2. The first-order chi connectivity index (χ1) is 15.6. The predicted molar refractivity (Wildman–Crippen MR) is 124 cm³/mol. The Kier molecular flexibility index (Phi) is 5.49. The highest BCUT2D eigenvalue weighted by Crippen LogP contribution is 2.37. The molecule has 2 aliphatic rings. The molecular weight excluding hydrogens is 404 g/mol. The van der Waals surface area contributed by atoms with Crippen molar-refractivity contribution in [3.05, 3.63) is 75.2 Å². The lowest BCUT2D eigenvalue weighted by molar-refractivity contribution is -0.116. The number of carbonyl (C=O) groups excluding carboxylic acids is 1. The average Bonchev–Trinajstić information content (AvgIpc) is 3.16. The minimum atomic E-state index is -0.179. The summed E-state index contributed by atoms with van der Waals surface area (Å²) in [4.78, 5) is 34.6. The number of H-pyrrole nitrogens is 1. The number of nitrogens with one attached hydrogen (secondary N) is 2. The summed E-state index contributed by atoms with van der Waals surface area (Å²) in [5.74, 6) is 0.458. The summed E-state index contributed by atoms with van der Waals surface area (Å²) >= 11 is 0. The van der Waals surface area contributed by atoms with Crippen molar-refractivity contribution in [1.29, 1.82) is 0 Å². The zero-order valence-electron chi connectivity index (χ0n) is 18.1. The van der Waals surface area contributed by atoms with E-state index in [4.69, 9.17) is 4.74 Å². The minimum absolute atomic E-state index is 0.114. The first-order valence-corrected chi connectivity index (χ1v) is 11.0. The Balaban J connectivity index is 1.23. The zero-order valence-corrected chi connectivity index (χ0v) is 18.1. The largest absolute Gasteiger partial charge is 0.378 e. The molecule has 32 heavy (non-hydrogen) atoms. The molecule has 1 aliphatic heterocycles. The van der Waals surface area contributed by atoms with Gasteiger partial charge in [-0.3, -0.25) is 14.6 Å². The maximum atomic E-state index is 12.6. The maximum absolute atomic E-state index is 12.6. The Morgan fingerprint density at radius 1 is 1.12 bits per heavy atom. The number of aryl methyl sites for hydroxylation is 1. The first kappa shape index (κ1) is 20.5. The Morgan fingerprint density at radius 3 is 2.72 bits per heavy atom. The molecule has 0 spiro atoms. The molecular formula is C25H26N4O3. The van der Waals surface area contributed by atoms with Crippen LogP contribution in [0.4, 0.5) is 11.6 Å². The monoisotopic (exact) mass is 430 g/mol. The van der Waals surface area contributed by atoms with Crippen LogP contribution in [0.25, 0.3) is 11.1 Å². The van der Waals surface area contributed by atoms with E-state index in [9.17, 15) is 9.59 Å². The summed E-state index contributed by atoms with van der Waals surface area (Å²) in [6.45, 7) is 4.48. The number of rotatable bonds is 5. The smallest absolute Gasteiger partial charge is 0.255 e. The van der Waals surface area contributed by atoms with Crippen LogP contribution >= 0.6 is 0 Å². The number of aromatic nitrogens is 2. The van der Waals surface area contributed by atoms with Crippen molar-refractivity contribution in [2.75, 3.05) is 36.5 Å². The molecule has 1 fully saturated rings. The number of carbonyl (C=O) groups is 1. The van der Waals surface area contributed by atoms with Crippen molar-refractivity contribution in [2.45, 2.75) is 26.2 Å². The van der Waals surface area contributed by atoms with Gasteiger partial charge in [0.2, 0.25) is 11.9 Å². The molecule has 7 nitrogen and oxygen atoms in total. The van der Waals surface area contributed by atoms with Crippen molar-refractivity contribution in [2.24, 2.45) is 0 Å². The molecule has 0 bridgehead atoms. The molecule has 2 N–H and O–H groups in total. The van der Waals surface area contributed by atoms with Gasteiger partial charge in [0.1, 0.15) is 0 Å². The molecule has 3 aromatic rings. The molecule has 1 aliphatic carbocycles. The topological polar surface area (TPSA) is 87.3 Å². The number of morpholine rings is 1. The van der Waals surface area contributed by atoms with Gasteiger partial charge >= 0.3 is 0 Å². The first-order valence-electron chi connectivity index (χ1n) is 11.0. The molecule has 2 heterocycles. The molecule has 1 amide bonds. The highest BCUT2D eigenvalue weighted by molar-refractivity contribution is 5.92. The maximum Gasteiger partial charge on any atom is 0.255 e. The van der Waals surface area contributed by atoms with Crippen molar-refractivity contribution in [3.63, 3.8) is 0 Å². The third-order valence-electron chi connectivity index (χ3n) is 6.20. The van der Waals surface area contributed by atoms with Crippen LogP contribution in [0.15, 0.2) is 47.3 Å². The lowest BCUT2D eigenvalue weighted by Crippen LogP contribution is -2.38. The van der Waals surface area contributed by atoms with Gasteiger partial charge in [-0.05, 0) is 54.2 Å². The van der Waals surface area contributed by atoms with Crippen LogP contribution in [0.1, 0.15) is 28.8 Å². The summed E-state index contributed by atoms with van der Waals surface area (Å²) in [6.07, 6.45) is 1.45. The molecule has 1 saturated heterocycles. The zero-order chi connectivity index (χ0) is 22.1. The van der Waals surface area contributed by atoms with Gasteiger partial charge in [0.25, 0.3) is 5.56 Å². The van der Waals surface area contributed by atoms with Gasteiger partial charge in [0.15, 0.2) is 0 Å². The van der Waals surface area contributed by atoms with Gasteiger partial charge in [-0.15, -0.1) is 0 Å². The van der Waals surface area contributed by atoms with E-state index in [1.54, 1.807) is 0 Å². The predicted octanol–water partition coefficient (Wildman–Crippen LogP) is 3.06. The summed E-state index contributed by atoms with van der Waals surface area (Å²) in [6, 6.07) is 14.4. The SMILES string of the molecule is Cc1nc(N2CCOCC2)[nH]c(=O)c1CCC(=O)Nc1ccc2c(c1)Cc1ccccc1-2. The van der Waals surface area contributed by atoms with E-state index < -0.39 is 0 Å². The van der Waals surface area contributed by atoms with Gasteiger partial charge in [-0.1, -0.05) is 30.3 Å². The Labute approximate surface area is 186 Å². The molecule has 2 aromatic carbocycles. The van der Waals surface area contributed by atoms with Crippen molar-refractivity contribution >= 4 is 17.5 Å². The van der Waals surface area contributed by atoms with Gasteiger partial charge in [0, 0.05) is 36.5 Å². The highest BCUT2D eigenvalue weighted by atomic mass is 16.5. The van der Waals surface area contributed by atoms with E-state index in [0.717, 1.165) is 12.1 Å². The van der Waals surface area contributed by atoms with Crippen molar-refractivity contribution < 1.29 is 9.53 Å². The number of amides is 1. The van der Waals surface area contributed by atoms with Gasteiger partial charge in [-0.25, -0.2) is 4.98 Å². The Bertz CT molecular complexity index is 1230. The molecule has 5 rings (SSSR count). The second-order valence-electron chi connectivity index (χ2n) is 8.31. The highest BCUT2D eigenvalue weighted by Gasteiger charge is 2.19. The van der Waals surface area contributed by atoms with Crippen LogP contribution in [-0.4, -0.2) is 42.2 Å². The molecule has 0 radical (unpaired) electrons. The summed E-state index contributed by atoms with van der Waals surface area (Å²) in [5, 5.41) is 2.98. The molecule has 0 unspecified atom stereocenters. The Morgan fingerprint density at radius 2 is 1.91 bits per heavy atom. The number of ether oxygens (including phenoxy) is 1. The summed E-state index contributed by atoms with van der Waals surface area (Å²) in [5.41, 5.74) is 6.86. The third-order valence-corrected chi connectivity index (χ3v) is 6.20. The van der Waals surface area contributed by atoms with Crippen LogP contribution in [-0.2, 0) is 22.4 Å². The fraction of sp³-hybridized carbons (Fsp3) is 0.320. The van der Waals surface area contributed by atoms with Crippen LogP contribution in [0.3, 0.4) is 0 Å². The average molecular weight is 431 g/mol. The summed E-state index contributed by atoms with van der Waals surface area (Å²) in [7, 11) is 0. The van der Waals surface area contributed by atoms with Crippen molar-refractivity contribution in [3.8, 4) is 11.1 Å². The Hall–Kier alpha value is -3.45. The fourth-order valence-corrected chi connectivity index (χ4v) is 4.50. The summed E-state index contributed by atoms with van der Waals surface area (Å²) < 4.78 is 5.35. The molecule has 0 atom stereocenters. The number of hydrogen-bond acceptors (Lipinski definition) is 5. The van der Waals surface area contributed by atoms with Crippen LogP contribution < -0.4 is 15.8 Å². The van der Waals surface area contributed by atoms with Gasteiger partial charge < -0.3 is 15.0 Å². The number of fused-ring (bicyclic) bond motifs is 3. The van der Waals surface area contributed by atoms with Crippen LogP contribution in [0.2, 0.25) is 0 Å². The van der Waals surface area contributed by atoms with Crippen LogP contribution in [0, 0.1) is 6.92 Å². The second kappa shape index (κ2) is 8.59. The van der Waals surface area contributed by atoms with E-state index in [1.807, 2.05) is 24.0 Å². The van der Waals surface area contributed by atoms with Crippen LogP contribution in [0.5, 0.6) is 0 Å². The molecule has 164 valence electrons. The number of hydrogen-bond donors (Lipinski definition) is 2. The second-order valence-corrected chi connectivity index (χ2v) is 8.31.